The quantitative estimate of drug-likeness (QED) is 0.815. The van der Waals surface area contributed by atoms with Crippen LogP contribution in [0.15, 0.2) is 0 Å². The number of carbonyl (C=O) groups is 2. The van der Waals surface area contributed by atoms with Gasteiger partial charge in [0.1, 0.15) is 0 Å². The molecule has 0 aromatic heterocycles. The fourth-order valence-electron chi connectivity index (χ4n) is 5.20. The lowest BCUT2D eigenvalue weighted by Gasteiger charge is -2.39. The van der Waals surface area contributed by atoms with Crippen LogP contribution >= 0.6 is 0 Å². The Kier molecular flexibility index (Phi) is 6.77. The lowest BCUT2D eigenvalue weighted by atomic mass is 9.84. The number of nitrogens with zero attached hydrogens (tertiary/aromatic N) is 1. The van der Waals surface area contributed by atoms with Gasteiger partial charge in [-0.15, -0.1) is 0 Å². The van der Waals surface area contributed by atoms with E-state index in [0.717, 1.165) is 45.1 Å². The first-order valence-electron chi connectivity index (χ1n) is 10.8. The van der Waals surface area contributed by atoms with Crippen molar-refractivity contribution in [3.8, 4) is 0 Å². The van der Waals surface area contributed by atoms with Crippen LogP contribution in [0.2, 0.25) is 0 Å². The van der Waals surface area contributed by atoms with E-state index in [4.69, 9.17) is 0 Å². The lowest BCUT2D eigenvalue weighted by molar-refractivity contribution is -0.140. The lowest BCUT2D eigenvalue weighted by Crippen LogP contribution is -2.48. The molecule has 3 rings (SSSR count). The van der Waals surface area contributed by atoms with Gasteiger partial charge in [-0.2, -0.15) is 0 Å². The summed E-state index contributed by atoms with van der Waals surface area (Å²) in [4.78, 5) is 27.3. The molecule has 0 radical (unpaired) electrons. The van der Waals surface area contributed by atoms with E-state index >= 15 is 0 Å². The van der Waals surface area contributed by atoms with Crippen LogP contribution in [0.5, 0.6) is 0 Å². The van der Waals surface area contributed by atoms with Crippen molar-refractivity contribution < 1.29 is 9.59 Å². The second kappa shape index (κ2) is 9.05. The molecule has 2 saturated carbocycles. The minimum absolute atomic E-state index is 0.190. The van der Waals surface area contributed by atoms with Crippen molar-refractivity contribution in [2.45, 2.75) is 102 Å². The predicted molar refractivity (Wildman–Crippen MR) is 100 cm³/mol. The molecule has 1 heterocycles. The summed E-state index contributed by atoms with van der Waals surface area (Å²) in [7, 11) is 0. The van der Waals surface area contributed by atoms with E-state index < -0.39 is 0 Å². The van der Waals surface area contributed by atoms with Gasteiger partial charge in [0.15, 0.2) is 0 Å². The summed E-state index contributed by atoms with van der Waals surface area (Å²) in [5.41, 5.74) is 0. The second-order valence-electron chi connectivity index (χ2n) is 8.56. The molecule has 4 heteroatoms. The first kappa shape index (κ1) is 18.7. The monoisotopic (exact) mass is 348 g/mol. The van der Waals surface area contributed by atoms with Crippen LogP contribution < -0.4 is 5.32 Å². The van der Waals surface area contributed by atoms with Crippen molar-refractivity contribution >= 4 is 11.8 Å². The molecule has 1 N–H and O–H groups in total. The van der Waals surface area contributed by atoms with Crippen LogP contribution in [0.4, 0.5) is 0 Å². The van der Waals surface area contributed by atoms with Crippen molar-refractivity contribution in [3.05, 3.63) is 0 Å². The van der Waals surface area contributed by atoms with Crippen LogP contribution in [0.25, 0.3) is 0 Å². The zero-order valence-electron chi connectivity index (χ0n) is 16.0. The molecular formula is C21H36N2O2. The summed E-state index contributed by atoms with van der Waals surface area (Å²) in [6, 6.07) is 0.756. The Morgan fingerprint density at radius 3 is 2.28 bits per heavy atom. The maximum Gasteiger partial charge on any atom is 0.225 e. The van der Waals surface area contributed by atoms with E-state index in [2.05, 4.69) is 17.1 Å². The molecule has 2 amide bonds. The molecule has 4 nitrogen and oxygen atoms in total. The van der Waals surface area contributed by atoms with Gasteiger partial charge in [0, 0.05) is 31.0 Å². The molecule has 142 valence electrons. The van der Waals surface area contributed by atoms with Crippen molar-refractivity contribution in [1.29, 1.82) is 0 Å². The van der Waals surface area contributed by atoms with Crippen LogP contribution in [-0.2, 0) is 9.59 Å². The van der Waals surface area contributed by atoms with E-state index in [9.17, 15) is 9.59 Å². The predicted octanol–water partition coefficient (Wildman–Crippen LogP) is 4.03. The zero-order valence-corrected chi connectivity index (χ0v) is 16.0. The maximum absolute atomic E-state index is 12.9. The average Bonchev–Trinajstić information content (AvgIpc) is 3.14. The third-order valence-corrected chi connectivity index (χ3v) is 6.77. The number of rotatable bonds is 5. The summed E-state index contributed by atoms with van der Waals surface area (Å²) in [5, 5.41) is 3.24. The molecule has 0 spiro atoms. The fraction of sp³-hybridized carbons (Fsp3) is 0.905. The Labute approximate surface area is 153 Å². The van der Waals surface area contributed by atoms with Crippen molar-refractivity contribution in [1.82, 2.24) is 10.2 Å². The van der Waals surface area contributed by atoms with E-state index in [1.54, 1.807) is 0 Å². The van der Waals surface area contributed by atoms with Gasteiger partial charge in [0.25, 0.3) is 0 Å². The Morgan fingerprint density at radius 2 is 1.60 bits per heavy atom. The minimum Gasteiger partial charge on any atom is -0.353 e. The normalized spacial score (nSPS) is 31.1. The van der Waals surface area contributed by atoms with Crippen LogP contribution in [0.3, 0.4) is 0 Å². The molecular weight excluding hydrogens is 312 g/mol. The van der Waals surface area contributed by atoms with Gasteiger partial charge in [-0.3, -0.25) is 9.59 Å². The number of hydrogen-bond acceptors (Lipinski definition) is 2. The number of amides is 2. The molecule has 0 aromatic carbocycles. The highest BCUT2D eigenvalue weighted by Gasteiger charge is 2.33. The molecule has 1 atom stereocenters. The molecule has 3 aliphatic rings. The molecule has 0 bridgehead atoms. The Balaban J connectivity index is 1.41. The minimum atomic E-state index is 0.190. The first-order valence-corrected chi connectivity index (χ1v) is 10.8. The SMILES string of the molecule is CC[C@H]1CCCCN1C(=O)C1CCC(NC(=O)CC2CCCC2)CC1. The number of piperidine rings is 1. The number of likely N-dealkylation sites (tertiary alicyclic amines) is 1. The third kappa shape index (κ3) is 4.98. The van der Waals surface area contributed by atoms with Crippen LogP contribution in [-0.4, -0.2) is 35.3 Å². The Bertz CT molecular complexity index is 451. The third-order valence-electron chi connectivity index (χ3n) is 6.77. The molecule has 1 saturated heterocycles. The molecule has 3 fully saturated rings. The van der Waals surface area contributed by atoms with E-state index in [0.29, 0.717) is 30.3 Å². The van der Waals surface area contributed by atoms with Crippen molar-refractivity contribution in [2.75, 3.05) is 6.54 Å². The summed E-state index contributed by atoms with van der Waals surface area (Å²) in [6.07, 6.45) is 14.3. The number of nitrogens with one attached hydrogen (secondary N) is 1. The highest BCUT2D eigenvalue weighted by molar-refractivity contribution is 5.79. The second-order valence-corrected chi connectivity index (χ2v) is 8.56. The summed E-state index contributed by atoms with van der Waals surface area (Å²) in [6.45, 7) is 3.16. The topological polar surface area (TPSA) is 49.4 Å². The van der Waals surface area contributed by atoms with E-state index in [1.165, 1.54) is 38.5 Å². The maximum atomic E-state index is 12.9. The highest BCUT2D eigenvalue weighted by atomic mass is 16.2. The molecule has 2 aliphatic carbocycles. The fourth-order valence-corrected chi connectivity index (χ4v) is 5.20. The Hall–Kier alpha value is -1.06. The zero-order chi connectivity index (χ0) is 17.6. The summed E-state index contributed by atoms with van der Waals surface area (Å²) < 4.78 is 0. The van der Waals surface area contributed by atoms with Crippen molar-refractivity contribution in [3.63, 3.8) is 0 Å². The van der Waals surface area contributed by atoms with Gasteiger partial charge < -0.3 is 10.2 Å². The van der Waals surface area contributed by atoms with Gasteiger partial charge in [0.05, 0.1) is 0 Å². The largest absolute Gasteiger partial charge is 0.353 e. The average molecular weight is 349 g/mol. The van der Waals surface area contributed by atoms with Crippen LogP contribution in [0.1, 0.15) is 90.4 Å². The number of hydrogen-bond donors (Lipinski definition) is 1. The standard InChI is InChI=1S/C21H36N2O2/c1-2-19-9-5-6-14-23(19)21(25)17-10-12-18(13-11-17)22-20(24)15-16-7-3-4-8-16/h16-19H,2-15H2,1H3,(H,22,24)/t17?,18?,19-/m0/s1. The molecule has 1 aliphatic heterocycles. The van der Waals surface area contributed by atoms with E-state index in [1.807, 2.05) is 0 Å². The van der Waals surface area contributed by atoms with E-state index in [-0.39, 0.29) is 11.8 Å². The van der Waals surface area contributed by atoms with Gasteiger partial charge in [0.2, 0.25) is 11.8 Å². The highest BCUT2D eigenvalue weighted by Crippen LogP contribution is 2.30. The summed E-state index contributed by atoms with van der Waals surface area (Å²) in [5.74, 6) is 1.43. The van der Waals surface area contributed by atoms with Crippen molar-refractivity contribution in [2.24, 2.45) is 11.8 Å². The van der Waals surface area contributed by atoms with Crippen LogP contribution in [0, 0.1) is 11.8 Å². The molecule has 25 heavy (non-hydrogen) atoms. The smallest absolute Gasteiger partial charge is 0.225 e. The van der Waals surface area contributed by atoms with Gasteiger partial charge in [-0.05, 0) is 70.1 Å². The number of carbonyl (C=O) groups excluding carboxylic acids is 2. The van der Waals surface area contributed by atoms with Gasteiger partial charge >= 0.3 is 0 Å². The molecule has 0 unspecified atom stereocenters. The first-order chi connectivity index (χ1) is 12.2. The summed E-state index contributed by atoms with van der Waals surface area (Å²) >= 11 is 0. The molecule has 0 aromatic rings. The Morgan fingerprint density at radius 1 is 0.920 bits per heavy atom. The van der Waals surface area contributed by atoms with Gasteiger partial charge in [-0.1, -0.05) is 19.8 Å². The van der Waals surface area contributed by atoms with Gasteiger partial charge in [-0.25, -0.2) is 0 Å².